The lowest BCUT2D eigenvalue weighted by Crippen LogP contribution is -2.04. The van der Waals surface area contributed by atoms with Crippen LogP contribution >= 0.6 is 7.80 Å². The van der Waals surface area contributed by atoms with Gasteiger partial charge in [-0.2, -0.15) is 0 Å². The van der Waals surface area contributed by atoms with Crippen molar-refractivity contribution in [2.24, 2.45) is 0 Å². The molecule has 0 aliphatic heterocycles. The van der Waals surface area contributed by atoms with E-state index in [2.05, 4.69) is 0 Å². The Morgan fingerprint density at radius 3 is 2.32 bits per heavy atom. The Labute approximate surface area is 109 Å². The number of benzene rings is 1. The second kappa shape index (κ2) is 6.75. The predicted molar refractivity (Wildman–Crippen MR) is 69.3 cm³/mol. The van der Waals surface area contributed by atoms with E-state index in [1.165, 1.54) is 12.1 Å². The van der Waals surface area contributed by atoms with Crippen molar-refractivity contribution >= 4 is 25.0 Å². The van der Waals surface area contributed by atoms with Crippen LogP contribution < -0.4 is 5.30 Å². The summed E-state index contributed by atoms with van der Waals surface area (Å²) in [6, 6.07) is 5.91. The third-order valence-electron chi connectivity index (χ3n) is 2.36. The molecule has 1 unspecified atom stereocenters. The molecule has 1 atom stereocenters. The molecule has 1 rings (SSSR count). The van der Waals surface area contributed by atoms with E-state index < -0.39 is 19.7 Å². The average Bonchev–Trinajstić information content (AvgIpc) is 2.34. The first-order valence-corrected chi connectivity index (χ1v) is 6.88. The Balaban J connectivity index is 2.96. The third-order valence-corrected chi connectivity index (χ3v) is 3.92. The number of phenolic OH excluding ortho intramolecular Hbond substituents is 1. The van der Waals surface area contributed by atoms with E-state index in [1.54, 1.807) is 12.1 Å². The minimum atomic E-state index is -2.62. The molecule has 1 aromatic carbocycles. The molecular formula is C12H13O6P. The topological polar surface area (TPSA) is 112 Å². The van der Waals surface area contributed by atoms with Gasteiger partial charge >= 0.3 is 11.9 Å². The summed E-state index contributed by atoms with van der Waals surface area (Å²) >= 11 is 0. The Kier molecular flexibility index (Phi) is 5.33. The molecule has 7 heteroatoms. The maximum absolute atomic E-state index is 12.0. The fraction of sp³-hybridized carbons (Fsp3) is 0.167. The van der Waals surface area contributed by atoms with Gasteiger partial charge in [-0.3, -0.25) is 4.79 Å². The van der Waals surface area contributed by atoms with Gasteiger partial charge in [0.2, 0.25) is 0 Å². The highest BCUT2D eigenvalue weighted by Gasteiger charge is 2.13. The van der Waals surface area contributed by atoms with Crippen molar-refractivity contribution in [1.29, 1.82) is 0 Å². The second-order valence-electron chi connectivity index (χ2n) is 3.75. The first-order valence-electron chi connectivity index (χ1n) is 5.40. The van der Waals surface area contributed by atoms with Crippen LogP contribution in [0.5, 0.6) is 5.75 Å². The molecule has 0 aliphatic rings. The molecule has 102 valence electrons. The number of hydrogen-bond acceptors (Lipinski definition) is 4. The van der Waals surface area contributed by atoms with Gasteiger partial charge in [0.1, 0.15) is 13.6 Å². The molecule has 0 spiro atoms. The van der Waals surface area contributed by atoms with E-state index in [-0.39, 0.29) is 29.5 Å². The van der Waals surface area contributed by atoms with Crippen LogP contribution in [0.25, 0.3) is 0 Å². The van der Waals surface area contributed by atoms with Gasteiger partial charge in [-0.05, 0) is 24.4 Å². The zero-order valence-corrected chi connectivity index (χ0v) is 10.9. The van der Waals surface area contributed by atoms with Gasteiger partial charge in [0.05, 0.1) is 5.30 Å². The molecule has 0 aliphatic carbocycles. The van der Waals surface area contributed by atoms with E-state index in [0.717, 1.165) is 5.82 Å². The third kappa shape index (κ3) is 4.60. The first-order chi connectivity index (χ1) is 8.91. The smallest absolute Gasteiger partial charge is 0.331 e. The largest absolute Gasteiger partial charge is 0.507 e. The maximum Gasteiger partial charge on any atom is 0.331 e. The van der Waals surface area contributed by atoms with Gasteiger partial charge in [-0.25, -0.2) is 4.79 Å². The summed E-state index contributed by atoms with van der Waals surface area (Å²) in [7, 11) is -2.62. The Hall–Kier alpha value is -2.07. The summed E-state index contributed by atoms with van der Waals surface area (Å²) in [4.78, 5) is 21.3. The summed E-state index contributed by atoms with van der Waals surface area (Å²) in [5.41, 5.74) is -0.227. The van der Waals surface area contributed by atoms with Crippen molar-refractivity contribution in [3.8, 4) is 5.75 Å². The molecule has 0 saturated carbocycles. The predicted octanol–water partition coefficient (Wildman–Crippen LogP) is 1.41. The zero-order chi connectivity index (χ0) is 14.4. The zero-order valence-electron chi connectivity index (χ0n) is 9.87. The van der Waals surface area contributed by atoms with Gasteiger partial charge in [0.15, 0.2) is 0 Å². The van der Waals surface area contributed by atoms with E-state index in [4.69, 9.17) is 10.2 Å². The standard InChI is InChI=1S/C12H13O6P/c13-9-3-1-2-4-10(9)19(18)7-8(12(16)17)5-6-11(14)15/h1-4,7,13,19H,5-6H2,(H,14,15)(H,16,17). The lowest BCUT2D eigenvalue weighted by Gasteiger charge is -2.03. The van der Waals surface area contributed by atoms with Crippen LogP contribution in [-0.4, -0.2) is 27.3 Å². The molecule has 0 saturated heterocycles. The number of phenols is 1. The normalized spacial score (nSPS) is 12.9. The highest BCUT2D eigenvalue weighted by atomic mass is 31.1. The maximum atomic E-state index is 12.0. The van der Waals surface area contributed by atoms with Crippen LogP contribution in [0, 0.1) is 0 Å². The van der Waals surface area contributed by atoms with E-state index in [9.17, 15) is 19.3 Å². The van der Waals surface area contributed by atoms with Crippen LogP contribution in [0.1, 0.15) is 12.8 Å². The Morgan fingerprint density at radius 1 is 1.16 bits per heavy atom. The summed E-state index contributed by atoms with van der Waals surface area (Å²) < 4.78 is 12.0. The van der Waals surface area contributed by atoms with Crippen LogP contribution in [0.3, 0.4) is 0 Å². The fourth-order valence-electron chi connectivity index (χ4n) is 1.40. The van der Waals surface area contributed by atoms with Crippen molar-refractivity contribution in [3.05, 3.63) is 35.7 Å². The molecule has 0 heterocycles. The molecule has 0 radical (unpaired) electrons. The van der Waals surface area contributed by atoms with Gasteiger partial charge in [0.25, 0.3) is 0 Å². The van der Waals surface area contributed by atoms with Crippen molar-refractivity contribution in [3.63, 3.8) is 0 Å². The Bertz CT molecular complexity index is 549. The Morgan fingerprint density at radius 2 is 1.79 bits per heavy atom. The lowest BCUT2D eigenvalue weighted by molar-refractivity contribution is -0.137. The second-order valence-corrected chi connectivity index (χ2v) is 5.31. The molecule has 3 N–H and O–H groups in total. The SMILES string of the molecule is O=C(O)CCC(=C[PH](=O)c1ccccc1O)C(=O)O. The highest BCUT2D eigenvalue weighted by Crippen LogP contribution is 2.29. The number of aromatic hydroxyl groups is 1. The molecule has 0 fully saturated rings. The average molecular weight is 284 g/mol. The number of carboxylic acids is 2. The van der Waals surface area contributed by atoms with Gasteiger partial charge < -0.3 is 19.9 Å². The number of rotatable bonds is 6. The van der Waals surface area contributed by atoms with Crippen LogP contribution in [-0.2, 0) is 14.2 Å². The molecule has 0 amide bonds. The van der Waals surface area contributed by atoms with Crippen LogP contribution in [0.2, 0.25) is 0 Å². The van der Waals surface area contributed by atoms with Crippen molar-refractivity contribution in [2.75, 3.05) is 0 Å². The number of aliphatic carboxylic acids is 2. The molecule has 1 aromatic rings. The van der Waals surface area contributed by atoms with Gasteiger partial charge in [-0.15, -0.1) is 0 Å². The fourth-order valence-corrected chi connectivity index (χ4v) is 2.74. The number of para-hydroxylation sites is 1. The molecule has 0 bridgehead atoms. The van der Waals surface area contributed by atoms with E-state index in [0.29, 0.717) is 0 Å². The summed E-state index contributed by atoms with van der Waals surface area (Å²) in [5.74, 6) is -1.60. The minimum Gasteiger partial charge on any atom is -0.507 e. The quantitative estimate of drug-likeness (QED) is 0.538. The number of hydrogen-bond donors (Lipinski definition) is 3. The first kappa shape index (κ1) is 15.0. The number of carbonyl (C=O) groups is 2. The van der Waals surface area contributed by atoms with Crippen molar-refractivity contribution in [2.45, 2.75) is 12.8 Å². The molecule has 0 aromatic heterocycles. The van der Waals surface area contributed by atoms with Crippen molar-refractivity contribution in [1.82, 2.24) is 0 Å². The van der Waals surface area contributed by atoms with Crippen molar-refractivity contribution < 1.29 is 29.5 Å². The highest BCUT2D eigenvalue weighted by molar-refractivity contribution is 7.57. The summed E-state index contributed by atoms with van der Waals surface area (Å²) in [6.45, 7) is 0. The molecule has 6 nitrogen and oxygen atoms in total. The molecular weight excluding hydrogens is 271 g/mol. The van der Waals surface area contributed by atoms with Crippen LogP contribution in [0.15, 0.2) is 35.7 Å². The van der Waals surface area contributed by atoms with E-state index in [1.807, 2.05) is 0 Å². The lowest BCUT2D eigenvalue weighted by atomic mass is 10.2. The van der Waals surface area contributed by atoms with Gasteiger partial charge in [0, 0.05) is 12.0 Å². The minimum absolute atomic E-state index is 0.154. The van der Waals surface area contributed by atoms with E-state index >= 15 is 0 Å². The summed E-state index contributed by atoms with van der Waals surface area (Å²) in [5, 5.41) is 27.1. The number of carboxylic acid groups (broad SMARTS) is 2. The summed E-state index contributed by atoms with van der Waals surface area (Å²) in [6.07, 6.45) is -0.567. The molecule has 19 heavy (non-hydrogen) atoms. The monoisotopic (exact) mass is 284 g/mol. The van der Waals surface area contributed by atoms with Crippen LogP contribution in [0.4, 0.5) is 0 Å². The van der Waals surface area contributed by atoms with Gasteiger partial charge in [-0.1, -0.05) is 12.1 Å².